The molecule has 0 aliphatic rings. The molecule has 0 heterocycles. The minimum Gasteiger partial charge on any atom is -0.305 e. The van der Waals surface area contributed by atoms with Gasteiger partial charge < -0.3 is 5.32 Å². The van der Waals surface area contributed by atoms with Crippen LogP contribution in [0.15, 0.2) is 18.2 Å². The lowest BCUT2D eigenvalue weighted by atomic mass is 10.3. The fourth-order valence-electron chi connectivity index (χ4n) is 0.752. The highest BCUT2D eigenvalue weighted by Crippen LogP contribution is 2.24. The number of nitrogens with one attached hydrogen (secondary N) is 2. The largest absolute Gasteiger partial charge is 0.333 e. The number of benzene rings is 1. The molecule has 0 spiro atoms. The van der Waals surface area contributed by atoms with Crippen molar-refractivity contribution in [1.82, 2.24) is 5.43 Å². The van der Waals surface area contributed by atoms with E-state index in [4.69, 9.17) is 29.0 Å². The zero-order valence-electron chi connectivity index (χ0n) is 6.47. The first-order valence-corrected chi connectivity index (χ1v) is 4.11. The maximum absolute atomic E-state index is 10.8. The van der Waals surface area contributed by atoms with E-state index in [-0.39, 0.29) is 0 Å². The standard InChI is InChI=1S/C7H7Cl2N3O/c8-4-1-2-5(9)6(3-4)11-7(13)12-10/h1-3H,10H2,(H2,11,12,13). The molecule has 0 saturated carbocycles. The number of amides is 2. The van der Waals surface area contributed by atoms with Crippen LogP contribution in [0.5, 0.6) is 0 Å². The van der Waals surface area contributed by atoms with E-state index >= 15 is 0 Å². The molecule has 0 fully saturated rings. The Labute approximate surface area is 85.0 Å². The predicted molar refractivity (Wildman–Crippen MR) is 52.8 cm³/mol. The molecule has 1 aromatic carbocycles. The minimum atomic E-state index is -0.552. The predicted octanol–water partition coefficient (Wildman–Crippen LogP) is 1.99. The van der Waals surface area contributed by atoms with Gasteiger partial charge in [0.1, 0.15) is 0 Å². The van der Waals surface area contributed by atoms with Crippen molar-refractivity contribution in [2.75, 3.05) is 5.32 Å². The highest BCUT2D eigenvalue weighted by Gasteiger charge is 2.03. The average molecular weight is 220 g/mol. The summed E-state index contributed by atoms with van der Waals surface area (Å²) in [6.45, 7) is 0. The molecular formula is C7H7Cl2N3O. The number of anilines is 1. The molecule has 0 aliphatic heterocycles. The molecule has 0 aromatic heterocycles. The van der Waals surface area contributed by atoms with Crippen LogP contribution >= 0.6 is 23.2 Å². The summed E-state index contributed by atoms with van der Waals surface area (Å²) < 4.78 is 0. The Balaban J connectivity index is 2.87. The number of carbonyl (C=O) groups excluding carboxylic acids is 1. The van der Waals surface area contributed by atoms with Crippen LogP contribution in [0.4, 0.5) is 10.5 Å². The Bertz CT molecular complexity index is 330. The normalized spacial score (nSPS) is 9.46. The van der Waals surface area contributed by atoms with Crippen molar-refractivity contribution in [3.8, 4) is 0 Å². The summed E-state index contributed by atoms with van der Waals surface area (Å²) >= 11 is 11.4. The van der Waals surface area contributed by atoms with E-state index in [2.05, 4.69) is 5.32 Å². The van der Waals surface area contributed by atoms with Crippen molar-refractivity contribution in [3.63, 3.8) is 0 Å². The molecule has 4 nitrogen and oxygen atoms in total. The number of rotatable bonds is 1. The molecule has 0 saturated heterocycles. The summed E-state index contributed by atoms with van der Waals surface area (Å²) in [6.07, 6.45) is 0. The first kappa shape index (κ1) is 10.1. The van der Waals surface area contributed by atoms with Gasteiger partial charge in [-0.05, 0) is 18.2 Å². The Kier molecular flexibility index (Phi) is 3.36. The van der Waals surface area contributed by atoms with Crippen LogP contribution in [0.3, 0.4) is 0 Å². The van der Waals surface area contributed by atoms with Gasteiger partial charge in [0.15, 0.2) is 0 Å². The zero-order chi connectivity index (χ0) is 9.84. The van der Waals surface area contributed by atoms with Crippen LogP contribution in [0, 0.1) is 0 Å². The third-order valence-corrected chi connectivity index (χ3v) is 1.87. The summed E-state index contributed by atoms with van der Waals surface area (Å²) in [5.41, 5.74) is 2.32. The van der Waals surface area contributed by atoms with E-state index in [1.165, 1.54) is 6.07 Å². The van der Waals surface area contributed by atoms with Crippen LogP contribution in [-0.4, -0.2) is 6.03 Å². The zero-order valence-corrected chi connectivity index (χ0v) is 7.99. The quantitative estimate of drug-likeness (QED) is 0.385. The van der Waals surface area contributed by atoms with Crippen molar-refractivity contribution in [3.05, 3.63) is 28.2 Å². The highest BCUT2D eigenvalue weighted by atomic mass is 35.5. The third kappa shape index (κ3) is 2.77. The van der Waals surface area contributed by atoms with Gasteiger partial charge in [0.25, 0.3) is 0 Å². The van der Waals surface area contributed by atoms with Crippen LogP contribution in [0.1, 0.15) is 0 Å². The van der Waals surface area contributed by atoms with E-state index in [0.717, 1.165) is 0 Å². The Hall–Kier alpha value is -0.970. The molecule has 2 amide bonds. The molecule has 6 heteroatoms. The van der Waals surface area contributed by atoms with E-state index in [1.54, 1.807) is 12.1 Å². The summed E-state index contributed by atoms with van der Waals surface area (Å²) in [6, 6.07) is 4.18. The Morgan fingerprint density at radius 1 is 1.38 bits per heavy atom. The molecule has 0 aliphatic carbocycles. The summed E-state index contributed by atoms with van der Waals surface area (Å²) in [5.74, 6) is 4.87. The number of hydrazine groups is 1. The van der Waals surface area contributed by atoms with Gasteiger partial charge in [-0.15, -0.1) is 0 Å². The second kappa shape index (κ2) is 4.32. The summed E-state index contributed by atoms with van der Waals surface area (Å²) in [4.78, 5) is 10.8. The van der Waals surface area contributed by atoms with Gasteiger partial charge in [-0.25, -0.2) is 10.6 Å². The fraction of sp³-hybridized carbons (Fsp3) is 0. The van der Waals surface area contributed by atoms with E-state index in [9.17, 15) is 4.79 Å². The van der Waals surface area contributed by atoms with Crippen molar-refractivity contribution >= 4 is 34.9 Å². The minimum absolute atomic E-state index is 0.396. The molecule has 0 atom stereocenters. The molecule has 0 unspecified atom stereocenters. The van der Waals surface area contributed by atoms with Gasteiger partial charge in [-0.1, -0.05) is 23.2 Å². The number of urea groups is 1. The average Bonchev–Trinajstić information content (AvgIpc) is 2.11. The topological polar surface area (TPSA) is 67.1 Å². The van der Waals surface area contributed by atoms with Gasteiger partial charge >= 0.3 is 6.03 Å². The van der Waals surface area contributed by atoms with Gasteiger partial charge in [-0.3, -0.25) is 5.43 Å². The molecule has 0 radical (unpaired) electrons. The Morgan fingerprint density at radius 3 is 2.69 bits per heavy atom. The van der Waals surface area contributed by atoms with E-state index in [0.29, 0.717) is 15.7 Å². The van der Waals surface area contributed by atoms with Gasteiger partial charge in [0, 0.05) is 5.02 Å². The number of hydrogen-bond donors (Lipinski definition) is 3. The van der Waals surface area contributed by atoms with Crippen LogP contribution in [0.25, 0.3) is 0 Å². The van der Waals surface area contributed by atoms with E-state index in [1.807, 2.05) is 5.43 Å². The number of hydrogen-bond acceptors (Lipinski definition) is 2. The fourth-order valence-corrected chi connectivity index (χ4v) is 1.09. The second-order valence-electron chi connectivity index (χ2n) is 2.22. The lowest BCUT2D eigenvalue weighted by Gasteiger charge is -2.05. The van der Waals surface area contributed by atoms with Crippen LogP contribution in [0.2, 0.25) is 10.0 Å². The maximum atomic E-state index is 10.8. The lowest BCUT2D eigenvalue weighted by molar-refractivity contribution is 0.252. The molecular weight excluding hydrogens is 213 g/mol. The number of halogens is 2. The van der Waals surface area contributed by atoms with Crippen molar-refractivity contribution in [2.45, 2.75) is 0 Å². The Morgan fingerprint density at radius 2 is 2.08 bits per heavy atom. The molecule has 0 bridgehead atoms. The van der Waals surface area contributed by atoms with Crippen LogP contribution < -0.4 is 16.6 Å². The molecule has 13 heavy (non-hydrogen) atoms. The van der Waals surface area contributed by atoms with Crippen LogP contribution in [-0.2, 0) is 0 Å². The van der Waals surface area contributed by atoms with Crippen molar-refractivity contribution in [1.29, 1.82) is 0 Å². The molecule has 70 valence electrons. The number of carbonyl (C=O) groups is 1. The molecule has 1 rings (SSSR count). The third-order valence-electron chi connectivity index (χ3n) is 1.31. The van der Waals surface area contributed by atoms with Gasteiger partial charge in [0.2, 0.25) is 0 Å². The second-order valence-corrected chi connectivity index (χ2v) is 3.07. The first-order valence-electron chi connectivity index (χ1n) is 3.36. The van der Waals surface area contributed by atoms with E-state index < -0.39 is 6.03 Å². The first-order chi connectivity index (χ1) is 6.13. The van der Waals surface area contributed by atoms with Crippen molar-refractivity contribution < 1.29 is 4.79 Å². The maximum Gasteiger partial charge on any atom is 0.333 e. The van der Waals surface area contributed by atoms with Gasteiger partial charge in [-0.2, -0.15) is 0 Å². The number of nitrogens with two attached hydrogens (primary N) is 1. The lowest BCUT2D eigenvalue weighted by Crippen LogP contribution is -2.34. The van der Waals surface area contributed by atoms with Crippen molar-refractivity contribution in [2.24, 2.45) is 5.84 Å². The van der Waals surface area contributed by atoms with Gasteiger partial charge in [0.05, 0.1) is 10.7 Å². The molecule has 4 N–H and O–H groups in total. The smallest absolute Gasteiger partial charge is 0.305 e. The SMILES string of the molecule is NNC(=O)Nc1cc(Cl)ccc1Cl. The highest BCUT2D eigenvalue weighted by molar-refractivity contribution is 6.35. The monoisotopic (exact) mass is 219 g/mol. The summed E-state index contributed by atoms with van der Waals surface area (Å²) in [5, 5.41) is 3.29. The molecule has 1 aromatic rings. The summed E-state index contributed by atoms with van der Waals surface area (Å²) in [7, 11) is 0.